The van der Waals surface area contributed by atoms with Gasteiger partial charge in [0.2, 0.25) is 0 Å². The molecule has 0 aliphatic heterocycles. The van der Waals surface area contributed by atoms with Crippen LogP contribution < -0.4 is 5.32 Å². The number of carbonyl (C=O) groups is 1. The number of methoxy groups -OCH3 is 1. The Hall–Kier alpha value is -1.36. The second kappa shape index (κ2) is 5.82. The predicted octanol–water partition coefficient (Wildman–Crippen LogP) is 1.80. The Kier molecular flexibility index (Phi) is 4.69. The molecule has 0 aromatic carbocycles. The molecule has 0 amide bonds. The highest BCUT2D eigenvalue weighted by Crippen LogP contribution is 2.16. The van der Waals surface area contributed by atoms with Crippen molar-refractivity contribution in [1.29, 1.82) is 0 Å². The van der Waals surface area contributed by atoms with Crippen molar-refractivity contribution in [3.05, 3.63) is 17.5 Å². The molecule has 0 fully saturated rings. The van der Waals surface area contributed by atoms with Gasteiger partial charge in [-0.2, -0.15) is 0 Å². The molecule has 0 aliphatic carbocycles. The Balaban J connectivity index is 2.53. The number of esters is 1. The van der Waals surface area contributed by atoms with Gasteiger partial charge in [-0.3, -0.25) is 4.79 Å². The molecule has 0 aliphatic rings. The third-order valence-corrected chi connectivity index (χ3v) is 2.92. The molecule has 0 saturated heterocycles. The summed E-state index contributed by atoms with van der Waals surface area (Å²) in [6, 6.07) is 1.88. The smallest absolute Gasteiger partial charge is 0.307 e. The Bertz CT molecular complexity index is 376. The van der Waals surface area contributed by atoms with Gasteiger partial charge in [-0.05, 0) is 20.3 Å². The number of hydrogen-bond donors (Lipinski definition) is 1. The first-order chi connectivity index (χ1) is 7.99. The van der Waals surface area contributed by atoms with Crippen LogP contribution in [0.25, 0.3) is 0 Å². The van der Waals surface area contributed by atoms with E-state index in [1.54, 1.807) is 0 Å². The SMILES string of the molecule is CC[C@@](C)(CC(=O)OC)NCc1cc(C)on1. The summed E-state index contributed by atoms with van der Waals surface area (Å²) in [5.41, 5.74) is 0.562. The van der Waals surface area contributed by atoms with E-state index < -0.39 is 0 Å². The molecule has 1 N–H and O–H groups in total. The van der Waals surface area contributed by atoms with E-state index in [9.17, 15) is 4.79 Å². The number of nitrogens with zero attached hydrogens (tertiary/aromatic N) is 1. The van der Waals surface area contributed by atoms with Gasteiger partial charge >= 0.3 is 5.97 Å². The van der Waals surface area contributed by atoms with Crippen LogP contribution in [-0.4, -0.2) is 23.8 Å². The van der Waals surface area contributed by atoms with Crippen LogP contribution in [-0.2, 0) is 16.1 Å². The molecular formula is C12H20N2O3. The van der Waals surface area contributed by atoms with Gasteiger partial charge in [0.1, 0.15) is 5.76 Å². The van der Waals surface area contributed by atoms with Crippen molar-refractivity contribution in [2.75, 3.05) is 7.11 Å². The molecule has 0 saturated carbocycles. The van der Waals surface area contributed by atoms with E-state index in [-0.39, 0.29) is 11.5 Å². The van der Waals surface area contributed by atoms with Crippen molar-refractivity contribution in [2.24, 2.45) is 0 Å². The fourth-order valence-electron chi connectivity index (χ4n) is 1.51. The first kappa shape index (κ1) is 13.7. The van der Waals surface area contributed by atoms with Gasteiger partial charge < -0.3 is 14.6 Å². The van der Waals surface area contributed by atoms with Crippen LogP contribution in [0.15, 0.2) is 10.6 Å². The first-order valence-corrected chi connectivity index (χ1v) is 5.73. The molecule has 0 radical (unpaired) electrons. The second-order valence-electron chi connectivity index (χ2n) is 4.45. The molecule has 96 valence electrons. The fourth-order valence-corrected chi connectivity index (χ4v) is 1.51. The lowest BCUT2D eigenvalue weighted by molar-refractivity contribution is -0.142. The number of carbonyl (C=O) groups excluding carboxylic acids is 1. The Morgan fingerprint density at radius 3 is 2.82 bits per heavy atom. The maximum atomic E-state index is 11.3. The van der Waals surface area contributed by atoms with E-state index in [1.165, 1.54) is 7.11 Å². The first-order valence-electron chi connectivity index (χ1n) is 5.73. The van der Waals surface area contributed by atoms with E-state index >= 15 is 0 Å². The molecule has 0 bridgehead atoms. The molecule has 17 heavy (non-hydrogen) atoms. The van der Waals surface area contributed by atoms with Crippen LogP contribution in [0, 0.1) is 6.92 Å². The minimum absolute atomic E-state index is 0.210. The van der Waals surface area contributed by atoms with Crippen molar-refractivity contribution in [1.82, 2.24) is 10.5 Å². The average molecular weight is 240 g/mol. The average Bonchev–Trinajstić information content (AvgIpc) is 2.72. The standard InChI is InChI=1S/C12H20N2O3/c1-5-12(3,7-11(15)16-4)13-8-10-6-9(2)17-14-10/h6,13H,5,7-8H2,1-4H3/t12-/m0/s1. The van der Waals surface area contributed by atoms with Crippen LogP contribution in [0.4, 0.5) is 0 Å². The topological polar surface area (TPSA) is 64.4 Å². The number of hydrogen-bond acceptors (Lipinski definition) is 5. The summed E-state index contributed by atoms with van der Waals surface area (Å²) in [6.45, 7) is 6.46. The molecule has 5 heteroatoms. The summed E-state index contributed by atoms with van der Waals surface area (Å²) < 4.78 is 9.67. The lowest BCUT2D eigenvalue weighted by Gasteiger charge is -2.28. The zero-order chi connectivity index (χ0) is 12.9. The zero-order valence-corrected chi connectivity index (χ0v) is 10.9. The molecule has 1 atom stereocenters. The van der Waals surface area contributed by atoms with Crippen molar-refractivity contribution >= 4 is 5.97 Å². The minimum Gasteiger partial charge on any atom is -0.469 e. The number of nitrogens with one attached hydrogen (secondary N) is 1. The molecule has 1 aromatic heterocycles. The lowest BCUT2D eigenvalue weighted by atomic mass is 9.94. The van der Waals surface area contributed by atoms with Crippen LogP contribution in [0.3, 0.4) is 0 Å². The zero-order valence-electron chi connectivity index (χ0n) is 10.9. The van der Waals surface area contributed by atoms with Gasteiger partial charge in [-0.1, -0.05) is 12.1 Å². The minimum atomic E-state index is -0.278. The highest BCUT2D eigenvalue weighted by Gasteiger charge is 2.25. The highest BCUT2D eigenvalue weighted by molar-refractivity contribution is 5.70. The van der Waals surface area contributed by atoms with Crippen LogP contribution >= 0.6 is 0 Å². The molecule has 0 spiro atoms. The Morgan fingerprint density at radius 2 is 2.35 bits per heavy atom. The fraction of sp³-hybridized carbons (Fsp3) is 0.667. The third-order valence-electron chi connectivity index (χ3n) is 2.92. The number of aryl methyl sites for hydroxylation is 1. The number of ether oxygens (including phenoxy) is 1. The van der Waals surface area contributed by atoms with E-state index in [2.05, 4.69) is 10.5 Å². The lowest BCUT2D eigenvalue weighted by Crippen LogP contribution is -2.43. The van der Waals surface area contributed by atoms with E-state index in [4.69, 9.17) is 9.26 Å². The largest absolute Gasteiger partial charge is 0.469 e. The molecular weight excluding hydrogens is 220 g/mol. The normalized spacial score (nSPS) is 14.4. The van der Waals surface area contributed by atoms with E-state index in [0.717, 1.165) is 17.9 Å². The maximum absolute atomic E-state index is 11.3. The Labute approximate surface area is 102 Å². The Morgan fingerprint density at radius 1 is 1.65 bits per heavy atom. The number of aromatic nitrogens is 1. The van der Waals surface area contributed by atoms with Crippen molar-refractivity contribution < 1.29 is 14.1 Å². The quantitative estimate of drug-likeness (QED) is 0.768. The van der Waals surface area contributed by atoms with Gasteiger partial charge in [-0.25, -0.2) is 0 Å². The van der Waals surface area contributed by atoms with Crippen molar-refractivity contribution in [3.8, 4) is 0 Å². The van der Waals surface area contributed by atoms with Gasteiger partial charge in [-0.15, -0.1) is 0 Å². The van der Waals surface area contributed by atoms with Gasteiger partial charge in [0.15, 0.2) is 0 Å². The summed E-state index contributed by atoms with van der Waals surface area (Å²) >= 11 is 0. The molecule has 0 unspecified atom stereocenters. The molecule has 1 aromatic rings. The maximum Gasteiger partial charge on any atom is 0.307 e. The van der Waals surface area contributed by atoms with E-state index in [0.29, 0.717) is 13.0 Å². The second-order valence-corrected chi connectivity index (χ2v) is 4.45. The summed E-state index contributed by atoms with van der Waals surface area (Å²) in [5.74, 6) is 0.575. The monoisotopic (exact) mass is 240 g/mol. The molecule has 1 rings (SSSR count). The van der Waals surface area contributed by atoms with Crippen molar-refractivity contribution in [2.45, 2.75) is 45.7 Å². The molecule has 5 nitrogen and oxygen atoms in total. The van der Waals surface area contributed by atoms with Gasteiger partial charge in [0.25, 0.3) is 0 Å². The summed E-state index contributed by atoms with van der Waals surface area (Å²) in [7, 11) is 1.40. The summed E-state index contributed by atoms with van der Waals surface area (Å²) in [4.78, 5) is 11.3. The predicted molar refractivity (Wildman–Crippen MR) is 63.4 cm³/mol. The summed E-state index contributed by atoms with van der Waals surface area (Å²) in [5, 5.41) is 7.22. The van der Waals surface area contributed by atoms with Crippen molar-refractivity contribution in [3.63, 3.8) is 0 Å². The van der Waals surface area contributed by atoms with Crippen LogP contribution in [0.2, 0.25) is 0 Å². The van der Waals surface area contributed by atoms with Gasteiger partial charge in [0, 0.05) is 18.2 Å². The summed E-state index contributed by atoms with van der Waals surface area (Å²) in [6.07, 6.45) is 1.18. The molecule has 1 heterocycles. The van der Waals surface area contributed by atoms with E-state index in [1.807, 2.05) is 26.8 Å². The highest BCUT2D eigenvalue weighted by atomic mass is 16.5. The third kappa shape index (κ3) is 4.19. The van der Waals surface area contributed by atoms with Crippen LogP contribution in [0.5, 0.6) is 0 Å². The number of rotatable bonds is 6. The van der Waals surface area contributed by atoms with Crippen LogP contribution in [0.1, 0.15) is 38.1 Å². The van der Waals surface area contributed by atoms with Gasteiger partial charge in [0.05, 0.1) is 19.2 Å².